The van der Waals surface area contributed by atoms with Crippen molar-refractivity contribution in [3.05, 3.63) is 63.3 Å². The maximum Gasteiger partial charge on any atom is 0.314 e. The molecule has 3 rings (SSSR count). The number of piperidine rings is 1. The number of aromatic nitrogens is 1. The van der Waals surface area contributed by atoms with Crippen LogP contribution in [0.25, 0.3) is 0 Å². The van der Waals surface area contributed by atoms with Gasteiger partial charge in [-0.3, -0.25) is 15.0 Å². The molecule has 0 saturated carbocycles. The molecule has 0 bridgehead atoms. The van der Waals surface area contributed by atoms with Gasteiger partial charge in [0.15, 0.2) is 0 Å². The number of likely N-dealkylation sites (tertiary alicyclic amines) is 1. The van der Waals surface area contributed by atoms with Crippen molar-refractivity contribution < 1.29 is 10.0 Å². The van der Waals surface area contributed by atoms with E-state index in [-0.39, 0.29) is 11.8 Å². The molecule has 0 atom stereocenters. The zero-order valence-electron chi connectivity index (χ0n) is 14.9. The van der Waals surface area contributed by atoms with Crippen molar-refractivity contribution in [2.45, 2.75) is 39.0 Å². The molecular weight excluding hydrogens is 332 g/mol. The van der Waals surface area contributed by atoms with Crippen LogP contribution in [0.5, 0.6) is 0 Å². The van der Waals surface area contributed by atoms with Crippen molar-refractivity contribution in [3.8, 4) is 0 Å². The van der Waals surface area contributed by atoms with Crippen LogP contribution in [0.15, 0.2) is 36.5 Å². The van der Waals surface area contributed by atoms with Crippen molar-refractivity contribution in [2.75, 3.05) is 18.4 Å². The molecule has 1 saturated heterocycles. The third kappa shape index (κ3) is 4.36. The standard InChI is InChI=1S/C19H24N4O3/c1-14-6-9-20-19(18(14)23(25)26)21-12-15-4-2-3-5-16(15)13-22-10-7-17(24)8-11-22/h2-6,9,17,24H,7-8,10-13H2,1H3,(H,20,21). The van der Waals surface area contributed by atoms with Crippen molar-refractivity contribution >= 4 is 11.5 Å². The zero-order valence-corrected chi connectivity index (χ0v) is 14.9. The Balaban J connectivity index is 1.71. The number of hydrogen-bond donors (Lipinski definition) is 2. The number of pyridine rings is 1. The second-order valence-corrected chi connectivity index (χ2v) is 6.71. The Kier molecular flexibility index (Phi) is 5.80. The van der Waals surface area contributed by atoms with Crippen LogP contribution in [0.1, 0.15) is 29.5 Å². The molecule has 1 aliphatic heterocycles. The summed E-state index contributed by atoms with van der Waals surface area (Å²) in [5, 5.41) is 24.1. The first-order valence-electron chi connectivity index (χ1n) is 8.85. The smallest absolute Gasteiger partial charge is 0.314 e. The number of anilines is 1. The first kappa shape index (κ1) is 18.3. The molecule has 2 heterocycles. The SMILES string of the molecule is Cc1ccnc(NCc2ccccc2CN2CCC(O)CC2)c1[N+](=O)[O-]. The minimum absolute atomic E-state index is 0.0231. The van der Waals surface area contributed by atoms with E-state index in [2.05, 4.69) is 21.3 Å². The van der Waals surface area contributed by atoms with E-state index in [9.17, 15) is 15.2 Å². The number of benzene rings is 1. The Morgan fingerprint density at radius 3 is 2.65 bits per heavy atom. The van der Waals surface area contributed by atoms with Gasteiger partial charge in [-0.15, -0.1) is 0 Å². The van der Waals surface area contributed by atoms with E-state index in [0.717, 1.165) is 38.0 Å². The van der Waals surface area contributed by atoms with Crippen molar-refractivity contribution in [1.29, 1.82) is 0 Å². The summed E-state index contributed by atoms with van der Waals surface area (Å²) in [4.78, 5) is 17.4. The maximum absolute atomic E-state index is 11.3. The topological polar surface area (TPSA) is 91.5 Å². The van der Waals surface area contributed by atoms with Crippen LogP contribution in [0.4, 0.5) is 11.5 Å². The highest BCUT2D eigenvalue weighted by atomic mass is 16.6. The Morgan fingerprint density at radius 2 is 1.96 bits per heavy atom. The quantitative estimate of drug-likeness (QED) is 0.611. The molecule has 1 aliphatic rings. The van der Waals surface area contributed by atoms with Gasteiger partial charge in [-0.2, -0.15) is 0 Å². The summed E-state index contributed by atoms with van der Waals surface area (Å²) in [6.45, 7) is 4.77. The minimum Gasteiger partial charge on any atom is -0.393 e. The molecule has 26 heavy (non-hydrogen) atoms. The predicted octanol–water partition coefficient (Wildman–Crippen LogP) is 2.87. The summed E-state index contributed by atoms with van der Waals surface area (Å²) in [5.41, 5.74) is 2.89. The lowest BCUT2D eigenvalue weighted by atomic mass is 10.0. The molecule has 2 N–H and O–H groups in total. The van der Waals surface area contributed by atoms with Crippen molar-refractivity contribution in [3.63, 3.8) is 0 Å². The zero-order chi connectivity index (χ0) is 18.5. The Hall–Kier alpha value is -2.51. The van der Waals surface area contributed by atoms with Crippen LogP contribution in [-0.2, 0) is 13.1 Å². The van der Waals surface area contributed by atoms with Crippen LogP contribution in [0.2, 0.25) is 0 Å². The van der Waals surface area contributed by atoms with E-state index in [1.54, 1.807) is 19.2 Å². The fraction of sp³-hybridized carbons (Fsp3) is 0.421. The van der Waals surface area contributed by atoms with Gasteiger partial charge in [0.2, 0.25) is 5.82 Å². The number of hydrogen-bond acceptors (Lipinski definition) is 6. The number of nitrogens with zero attached hydrogens (tertiary/aromatic N) is 3. The van der Waals surface area contributed by atoms with Crippen LogP contribution in [0.3, 0.4) is 0 Å². The minimum atomic E-state index is -0.393. The molecule has 1 fully saturated rings. The van der Waals surface area contributed by atoms with Crippen LogP contribution >= 0.6 is 0 Å². The Bertz CT molecular complexity index is 773. The second kappa shape index (κ2) is 8.25. The first-order chi connectivity index (χ1) is 12.5. The fourth-order valence-corrected chi connectivity index (χ4v) is 3.29. The lowest BCUT2D eigenvalue weighted by Crippen LogP contribution is -2.35. The van der Waals surface area contributed by atoms with Crippen LogP contribution in [0, 0.1) is 17.0 Å². The van der Waals surface area contributed by atoms with Gasteiger partial charge in [-0.25, -0.2) is 4.98 Å². The average Bonchev–Trinajstić information content (AvgIpc) is 2.62. The predicted molar refractivity (Wildman–Crippen MR) is 99.9 cm³/mol. The molecule has 0 unspecified atom stereocenters. The molecule has 7 heteroatoms. The van der Waals surface area contributed by atoms with E-state index in [4.69, 9.17) is 0 Å². The molecule has 0 aliphatic carbocycles. The molecule has 1 aromatic heterocycles. The van der Waals surface area contributed by atoms with Gasteiger partial charge in [0.25, 0.3) is 0 Å². The molecule has 138 valence electrons. The molecule has 7 nitrogen and oxygen atoms in total. The lowest BCUT2D eigenvalue weighted by Gasteiger charge is -2.30. The normalized spacial score (nSPS) is 15.8. The lowest BCUT2D eigenvalue weighted by molar-refractivity contribution is -0.384. The van der Waals surface area contributed by atoms with Crippen molar-refractivity contribution in [1.82, 2.24) is 9.88 Å². The summed E-state index contributed by atoms with van der Waals surface area (Å²) >= 11 is 0. The molecule has 0 radical (unpaired) electrons. The van der Waals surface area contributed by atoms with E-state index < -0.39 is 4.92 Å². The van der Waals surface area contributed by atoms with Gasteiger partial charge >= 0.3 is 5.69 Å². The molecule has 0 spiro atoms. The number of nitro groups is 1. The molecule has 2 aromatic rings. The maximum atomic E-state index is 11.3. The van der Waals surface area contributed by atoms with Gasteiger partial charge in [-0.1, -0.05) is 24.3 Å². The Morgan fingerprint density at radius 1 is 1.27 bits per heavy atom. The van der Waals surface area contributed by atoms with Gasteiger partial charge in [-0.05, 0) is 37.0 Å². The van der Waals surface area contributed by atoms with E-state index in [0.29, 0.717) is 17.9 Å². The summed E-state index contributed by atoms with van der Waals surface area (Å²) < 4.78 is 0. The monoisotopic (exact) mass is 356 g/mol. The number of aliphatic hydroxyl groups is 1. The van der Waals surface area contributed by atoms with E-state index in [1.807, 2.05) is 18.2 Å². The first-order valence-corrected chi connectivity index (χ1v) is 8.85. The molecule has 1 aromatic carbocycles. The van der Waals surface area contributed by atoms with E-state index >= 15 is 0 Å². The van der Waals surface area contributed by atoms with E-state index in [1.165, 1.54) is 5.56 Å². The summed E-state index contributed by atoms with van der Waals surface area (Å²) in [7, 11) is 0. The number of aryl methyl sites for hydroxylation is 1. The summed E-state index contributed by atoms with van der Waals surface area (Å²) in [6.07, 6.45) is 3.01. The summed E-state index contributed by atoms with van der Waals surface area (Å²) in [6, 6.07) is 9.73. The number of rotatable bonds is 6. The third-order valence-electron chi connectivity index (χ3n) is 4.82. The number of nitrogens with one attached hydrogen (secondary N) is 1. The van der Waals surface area contributed by atoms with Gasteiger partial charge < -0.3 is 10.4 Å². The van der Waals surface area contributed by atoms with Crippen molar-refractivity contribution in [2.24, 2.45) is 0 Å². The summed E-state index contributed by atoms with van der Waals surface area (Å²) in [5.74, 6) is 0.297. The second-order valence-electron chi connectivity index (χ2n) is 6.71. The molecule has 0 amide bonds. The van der Waals surface area contributed by atoms with Gasteiger partial charge in [0.05, 0.1) is 11.0 Å². The largest absolute Gasteiger partial charge is 0.393 e. The van der Waals surface area contributed by atoms with Crippen LogP contribution in [-0.4, -0.2) is 39.1 Å². The molecular formula is C19H24N4O3. The highest BCUT2D eigenvalue weighted by Gasteiger charge is 2.20. The van der Waals surface area contributed by atoms with Gasteiger partial charge in [0.1, 0.15) is 0 Å². The average molecular weight is 356 g/mol. The van der Waals surface area contributed by atoms with Crippen LogP contribution < -0.4 is 5.32 Å². The fourth-order valence-electron chi connectivity index (χ4n) is 3.29. The van der Waals surface area contributed by atoms with Gasteiger partial charge in [0, 0.05) is 37.9 Å². The Labute approximate surface area is 152 Å². The number of aliphatic hydroxyl groups excluding tert-OH is 1. The highest BCUT2D eigenvalue weighted by Crippen LogP contribution is 2.26. The third-order valence-corrected chi connectivity index (χ3v) is 4.82. The highest BCUT2D eigenvalue weighted by molar-refractivity contribution is 5.60.